The lowest BCUT2D eigenvalue weighted by Crippen LogP contribution is -2.54. The molecule has 0 bridgehead atoms. The Balaban J connectivity index is 1.80. The van der Waals surface area contributed by atoms with Crippen LogP contribution in [0.3, 0.4) is 0 Å². The summed E-state index contributed by atoms with van der Waals surface area (Å²) in [6.07, 6.45) is 7.25. The van der Waals surface area contributed by atoms with Crippen LogP contribution in [0.15, 0.2) is 0 Å². The van der Waals surface area contributed by atoms with Crippen LogP contribution in [0.1, 0.15) is 32.1 Å². The molecule has 3 heteroatoms. The summed E-state index contributed by atoms with van der Waals surface area (Å²) in [5.41, 5.74) is 0. The first kappa shape index (κ1) is 12.3. The minimum absolute atomic E-state index is 0.598. The van der Waals surface area contributed by atoms with Crippen LogP contribution in [0.25, 0.3) is 0 Å². The Labute approximate surface area is 99.5 Å². The van der Waals surface area contributed by atoms with Crippen molar-refractivity contribution in [1.82, 2.24) is 10.2 Å². The van der Waals surface area contributed by atoms with E-state index in [9.17, 15) is 0 Å². The summed E-state index contributed by atoms with van der Waals surface area (Å²) in [4.78, 5) is 2.65. The summed E-state index contributed by atoms with van der Waals surface area (Å²) in [5, 5.41) is 3.47. The molecule has 1 unspecified atom stereocenters. The maximum atomic E-state index is 5.32. The van der Waals surface area contributed by atoms with Crippen LogP contribution in [-0.2, 0) is 4.74 Å². The first-order chi connectivity index (χ1) is 7.90. The number of rotatable bonds is 4. The summed E-state index contributed by atoms with van der Waals surface area (Å²) >= 11 is 0. The van der Waals surface area contributed by atoms with Crippen LogP contribution in [0, 0.1) is 5.92 Å². The van der Waals surface area contributed by atoms with E-state index in [1.807, 2.05) is 7.11 Å². The monoisotopic (exact) mass is 226 g/mol. The maximum Gasteiger partial charge on any atom is 0.0630 e. The molecule has 0 aromatic carbocycles. The molecule has 1 saturated carbocycles. The first-order valence-electron chi connectivity index (χ1n) is 6.84. The van der Waals surface area contributed by atoms with Gasteiger partial charge in [0.1, 0.15) is 0 Å². The second kappa shape index (κ2) is 6.58. The lowest BCUT2D eigenvalue weighted by molar-refractivity contribution is 0.0581. The van der Waals surface area contributed by atoms with E-state index in [4.69, 9.17) is 4.74 Å². The topological polar surface area (TPSA) is 24.5 Å². The Morgan fingerprint density at radius 1 is 1.25 bits per heavy atom. The van der Waals surface area contributed by atoms with Gasteiger partial charge in [-0.1, -0.05) is 19.3 Å². The average molecular weight is 226 g/mol. The Morgan fingerprint density at radius 2 is 2.06 bits per heavy atom. The molecule has 1 N–H and O–H groups in total. The smallest absolute Gasteiger partial charge is 0.0630 e. The normalized spacial score (nSPS) is 29.4. The average Bonchev–Trinajstić information content (AvgIpc) is 2.33. The largest absolute Gasteiger partial charge is 0.383 e. The second-order valence-electron chi connectivity index (χ2n) is 5.31. The molecule has 0 spiro atoms. The Kier molecular flexibility index (Phi) is 5.07. The summed E-state index contributed by atoms with van der Waals surface area (Å²) in [6, 6.07) is 0.598. The molecule has 94 valence electrons. The van der Waals surface area contributed by atoms with Gasteiger partial charge in [0.25, 0.3) is 0 Å². The molecular formula is C13H26N2O. The molecule has 2 rings (SSSR count). The Bertz CT molecular complexity index is 190. The van der Waals surface area contributed by atoms with E-state index < -0.39 is 0 Å². The number of ether oxygens (including phenoxy) is 1. The van der Waals surface area contributed by atoms with Crippen LogP contribution in [0.2, 0.25) is 0 Å². The number of nitrogens with zero attached hydrogens (tertiary/aromatic N) is 1. The van der Waals surface area contributed by atoms with Gasteiger partial charge in [0, 0.05) is 39.3 Å². The van der Waals surface area contributed by atoms with E-state index in [2.05, 4.69) is 10.2 Å². The van der Waals surface area contributed by atoms with E-state index in [1.165, 1.54) is 45.2 Å². The zero-order valence-corrected chi connectivity index (χ0v) is 10.6. The third-order valence-electron chi connectivity index (χ3n) is 4.05. The minimum Gasteiger partial charge on any atom is -0.383 e. The van der Waals surface area contributed by atoms with Crippen LogP contribution < -0.4 is 5.32 Å². The van der Waals surface area contributed by atoms with Crippen LogP contribution in [0.5, 0.6) is 0 Å². The van der Waals surface area contributed by atoms with Crippen molar-refractivity contribution in [3.63, 3.8) is 0 Å². The van der Waals surface area contributed by atoms with E-state index in [1.54, 1.807) is 0 Å². The zero-order valence-electron chi connectivity index (χ0n) is 10.6. The summed E-state index contributed by atoms with van der Waals surface area (Å²) < 4.78 is 5.32. The highest BCUT2D eigenvalue weighted by Crippen LogP contribution is 2.25. The van der Waals surface area contributed by atoms with E-state index in [0.717, 1.165) is 25.6 Å². The van der Waals surface area contributed by atoms with Gasteiger partial charge in [-0.15, -0.1) is 0 Å². The van der Waals surface area contributed by atoms with Crippen LogP contribution in [0.4, 0.5) is 0 Å². The standard InChI is InChI=1S/C13H26N2O/c1-16-11-13-9-14-7-8-15(13)10-12-5-3-2-4-6-12/h12-14H,2-11H2,1H3. The first-order valence-corrected chi connectivity index (χ1v) is 6.84. The molecule has 1 atom stereocenters. The van der Waals surface area contributed by atoms with Gasteiger partial charge in [0.2, 0.25) is 0 Å². The van der Waals surface area contributed by atoms with Crippen molar-refractivity contribution >= 4 is 0 Å². The van der Waals surface area contributed by atoms with Crippen LogP contribution in [-0.4, -0.2) is 50.8 Å². The number of nitrogens with one attached hydrogen (secondary N) is 1. The fourth-order valence-electron chi connectivity index (χ4n) is 3.10. The van der Waals surface area contributed by atoms with E-state index in [0.29, 0.717) is 6.04 Å². The molecule has 2 fully saturated rings. The third-order valence-corrected chi connectivity index (χ3v) is 4.05. The number of methoxy groups -OCH3 is 1. The van der Waals surface area contributed by atoms with Crippen molar-refractivity contribution in [2.75, 3.05) is 39.9 Å². The molecular weight excluding hydrogens is 200 g/mol. The third kappa shape index (κ3) is 3.44. The van der Waals surface area contributed by atoms with Crippen molar-refractivity contribution in [2.45, 2.75) is 38.1 Å². The molecule has 1 heterocycles. The number of hydrogen-bond acceptors (Lipinski definition) is 3. The molecule has 0 amide bonds. The molecule has 0 radical (unpaired) electrons. The molecule has 16 heavy (non-hydrogen) atoms. The van der Waals surface area contributed by atoms with Gasteiger partial charge in [-0.2, -0.15) is 0 Å². The molecule has 1 saturated heterocycles. The predicted molar refractivity (Wildman–Crippen MR) is 66.7 cm³/mol. The van der Waals surface area contributed by atoms with Gasteiger partial charge in [0.15, 0.2) is 0 Å². The molecule has 0 aromatic heterocycles. The highest BCUT2D eigenvalue weighted by atomic mass is 16.5. The minimum atomic E-state index is 0.598. The van der Waals surface area contributed by atoms with Crippen molar-refractivity contribution in [3.8, 4) is 0 Å². The van der Waals surface area contributed by atoms with E-state index in [-0.39, 0.29) is 0 Å². The van der Waals surface area contributed by atoms with Crippen molar-refractivity contribution < 1.29 is 4.74 Å². The molecule has 1 aliphatic carbocycles. The SMILES string of the molecule is COCC1CNCCN1CC1CCCCC1. The fourth-order valence-corrected chi connectivity index (χ4v) is 3.10. The zero-order chi connectivity index (χ0) is 11.2. The quantitative estimate of drug-likeness (QED) is 0.786. The number of piperazine rings is 1. The Hall–Kier alpha value is -0.120. The van der Waals surface area contributed by atoms with Gasteiger partial charge < -0.3 is 10.1 Å². The van der Waals surface area contributed by atoms with Gasteiger partial charge in [-0.3, -0.25) is 4.90 Å². The van der Waals surface area contributed by atoms with E-state index >= 15 is 0 Å². The second-order valence-corrected chi connectivity index (χ2v) is 5.31. The summed E-state index contributed by atoms with van der Waals surface area (Å²) in [7, 11) is 1.81. The lowest BCUT2D eigenvalue weighted by Gasteiger charge is -2.38. The van der Waals surface area contributed by atoms with Crippen molar-refractivity contribution in [1.29, 1.82) is 0 Å². The van der Waals surface area contributed by atoms with Gasteiger partial charge in [-0.25, -0.2) is 0 Å². The highest BCUT2D eigenvalue weighted by Gasteiger charge is 2.25. The maximum absolute atomic E-state index is 5.32. The summed E-state index contributed by atoms with van der Waals surface area (Å²) in [6.45, 7) is 5.62. The molecule has 2 aliphatic rings. The van der Waals surface area contributed by atoms with Crippen molar-refractivity contribution in [2.24, 2.45) is 5.92 Å². The molecule has 1 aliphatic heterocycles. The Morgan fingerprint density at radius 3 is 2.81 bits per heavy atom. The highest BCUT2D eigenvalue weighted by molar-refractivity contribution is 4.82. The summed E-state index contributed by atoms with van der Waals surface area (Å²) in [5.74, 6) is 0.950. The fraction of sp³-hybridized carbons (Fsp3) is 1.00. The molecule has 0 aromatic rings. The van der Waals surface area contributed by atoms with Crippen molar-refractivity contribution in [3.05, 3.63) is 0 Å². The predicted octanol–water partition coefficient (Wildman–Crippen LogP) is 1.49. The van der Waals surface area contributed by atoms with Gasteiger partial charge >= 0.3 is 0 Å². The lowest BCUT2D eigenvalue weighted by atomic mass is 9.88. The van der Waals surface area contributed by atoms with Crippen LogP contribution >= 0.6 is 0 Å². The number of hydrogen-bond donors (Lipinski definition) is 1. The van der Waals surface area contributed by atoms with Gasteiger partial charge in [-0.05, 0) is 18.8 Å². The molecule has 3 nitrogen and oxygen atoms in total. The van der Waals surface area contributed by atoms with Gasteiger partial charge in [0.05, 0.1) is 6.61 Å².